The molecule has 0 bridgehead atoms. The van der Waals surface area contributed by atoms with E-state index < -0.39 is 0 Å². The van der Waals surface area contributed by atoms with Gasteiger partial charge in [0.15, 0.2) is 0 Å². The second-order valence-electron chi connectivity index (χ2n) is 3.67. The molecule has 6 heteroatoms. The summed E-state index contributed by atoms with van der Waals surface area (Å²) in [5, 5.41) is 8.93. The van der Waals surface area contributed by atoms with E-state index in [1.54, 1.807) is 11.1 Å². The van der Waals surface area contributed by atoms with Crippen LogP contribution in [-0.4, -0.2) is 52.2 Å². The van der Waals surface area contributed by atoms with Crippen molar-refractivity contribution in [1.29, 1.82) is 0 Å². The Balaban J connectivity index is 2.55. The molecule has 0 aliphatic carbocycles. The van der Waals surface area contributed by atoms with Crippen LogP contribution in [-0.2, 0) is 16.1 Å². The molecule has 0 aromatic carbocycles. The van der Waals surface area contributed by atoms with Gasteiger partial charge in [-0.2, -0.15) is 0 Å². The number of nitrogens with one attached hydrogen (secondary N) is 1. The zero-order chi connectivity index (χ0) is 12.7. The van der Waals surface area contributed by atoms with Crippen molar-refractivity contribution >= 4 is 5.91 Å². The van der Waals surface area contributed by atoms with Crippen LogP contribution in [0.25, 0.3) is 0 Å². The summed E-state index contributed by atoms with van der Waals surface area (Å²) in [6, 6.07) is 0. The van der Waals surface area contributed by atoms with Gasteiger partial charge in [-0.25, -0.2) is 4.98 Å². The molecule has 0 fully saturated rings. The van der Waals surface area contributed by atoms with Crippen LogP contribution in [0.2, 0.25) is 0 Å². The Labute approximate surface area is 101 Å². The molecule has 17 heavy (non-hydrogen) atoms. The molecule has 6 nitrogen and oxygen atoms in total. The van der Waals surface area contributed by atoms with Gasteiger partial charge in [0.25, 0.3) is 0 Å². The molecule has 0 spiro atoms. The number of imidazole rings is 1. The summed E-state index contributed by atoms with van der Waals surface area (Å²) in [7, 11) is 0. The Kier molecular flexibility index (Phi) is 5.65. The molecule has 0 aliphatic heterocycles. The average Bonchev–Trinajstić information content (AvgIpc) is 2.71. The molecular formula is C11H19N3O3. The maximum absolute atomic E-state index is 11.8. The number of aliphatic hydroxyl groups excluding tert-OH is 1. The Hall–Kier alpha value is -1.40. The number of hydrogen-bond acceptors (Lipinski definition) is 4. The van der Waals surface area contributed by atoms with E-state index in [-0.39, 0.29) is 19.1 Å². The Morgan fingerprint density at radius 2 is 2.41 bits per heavy atom. The standard InChI is InChI=1S/C11H19N3O3/c1-3-17-8-11(16)14(4-5-15)7-10-6-12-9(2)13-10/h6,15H,3-5,7-8H2,1-2H3,(H,12,13). The second kappa shape index (κ2) is 7.03. The number of aliphatic hydroxyl groups is 1. The predicted octanol–water partition coefficient (Wildman–Crippen LogP) is 0.0755. The van der Waals surface area contributed by atoms with Gasteiger partial charge < -0.3 is 19.7 Å². The molecule has 1 aromatic heterocycles. The third-order valence-electron chi connectivity index (χ3n) is 2.27. The number of ether oxygens (including phenoxy) is 1. The van der Waals surface area contributed by atoms with Gasteiger partial charge in [0.1, 0.15) is 12.4 Å². The number of carbonyl (C=O) groups excluding carboxylic acids is 1. The number of hydrogen-bond donors (Lipinski definition) is 2. The van der Waals surface area contributed by atoms with Crippen molar-refractivity contribution in [2.45, 2.75) is 20.4 Å². The summed E-state index contributed by atoms with van der Waals surface area (Å²) in [5.74, 6) is 0.675. The van der Waals surface area contributed by atoms with Crippen LogP contribution in [0.3, 0.4) is 0 Å². The molecule has 0 saturated heterocycles. The van der Waals surface area contributed by atoms with E-state index in [1.807, 2.05) is 13.8 Å². The van der Waals surface area contributed by atoms with Crippen molar-refractivity contribution in [1.82, 2.24) is 14.9 Å². The highest BCUT2D eigenvalue weighted by atomic mass is 16.5. The lowest BCUT2D eigenvalue weighted by atomic mass is 10.4. The molecule has 96 valence electrons. The highest BCUT2D eigenvalue weighted by Gasteiger charge is 2.14. The molecule has 0 unspecified atom stereocenters. The quantitative estimate of drug-likeness (QED) is 0.708. The van der Waals surface area contributed by atoms with E-state index in [0.29, 0.717) is 19.7 Å². The first-order chi connectivity index (χ1) is 8.17. The minimum atomic E-state index is -0.131. The van der Waals surface area contributed by atoms with Gasteiger partial charge in [0.05, 0.1) is 25.0 Å². The number of rotatable bonds is 7. The summed E-state index contributed by atoms with van der Waals surface area (Å²) >= 11 is 0. The predicted molar refractivity (Wildman–Crippen MR) is 62.3 cm³/mol. The van der Waals surface area contributed by atoms with Crippen LogP contribution >= 0.6 is 0 Å². The Bertz CT molecular complexity index is 351. The number of H-pyrrole nitrogens is 1. The molecule has 1 rings (SSSR count). The van der Waals surface area contributed by atoms with Crippen molar-refractivity contribution in [3.05, 3.63) is 17.7 Å². The SMILES string of the molecule is CCOCC(=O)N(CCO)Cc1cnc(C)[nH]1. The number of aromatic nitrogens is 2. The van der Waals surface area contributed by atoms with Gasteiger partial charge in [0.2, 0.25) is 5.91 Å². The molecule has 1 heterocycles. The highest BCUT2D eigenvalue weighted by molar-refractivity contribution is 5.77. The Morgan fingerprint density at radius 1 is 1.65 bits per heavy atom. The van der Waals surface area contributed by atoms with Gasteiger partial charge in [-0.3, -0.25) is 4.79 Å². The maximum atomic E-state index is 11.8. The van der Waals surface area contributed by atoms with Gasteiger partial charge in [-0.1, -0.05) is 0 Å². The molecule has 1 amide bonds. The van der Waals surface area contributed by atoms with Crippen LogP contribution in [0.1, 0.15) is 18.4 Å². The smallest absolute Gasteiger partial charge is 0.248 e. The third kappa shape index (κ3) is 4.54. The van der Waals surface area contributed by atoms with Crippen molar-refractivity contribution in [2.24, 2.45) is 0 Å². The summed E-state index contributed by atoms with van der Waals surface area (Å²) in [4.78, 5) is 20.4. The van der Waals surface area contributed by atoms with Crippen LogP contribution < -0.4 is 0 Å². The first-order valence-electron chi connectivity index (χ1n) is 5.64. The topological polar surface area (TPSA) is 78.4 Å². The summed E-state index contributed by atoms with van der Waals surface area (Å²) in [6.45, 7) is 4.87. The van der Waals surface area contributed by atoms with E-state index in [4.69, 9.17) is 9.84 Å². The molecule has 0 atom stereocenters. The minimum Gasteiger partial charge on any atom is -0.395 e. The second-order valence-corrected chi connectivity index (χ2v) is 3.67. The number of nitrogens with zero attached hydrogens (tertiary/aromatic N) is 2. The summed E-state index contributed by atoms with van der Waals surface area (Å²) in [5.41, 5.74) is 0.848. The van der Waals surface area contributed by atoms with E-state index >= 15 is 0 Å². The van der Waals surface area contributed by atoms with Crippen LogP contribution in [0.15, 0.2) is 6.20 Å². The summed E-state index contributed by atoms with van der Waals surface area (Å²) in [6.07, 6.45) is 1.69. The normalized spacial score (nSPS) is 10.5. The zero-order valence-corrected chi connectivity index (χ0v) is 10.3. The maximum Gasteiger partial charge on any atom is 0.248 e. The van der Waals surface area contributed by atoms with Gasteiger partial charge in [0, 0.05) is 13.2 Å². The third-order valence-corrected chi connectivity index (χ3v) is 2.27. The van der Waals surface area contributed by atoms with Gasteiger partial charge >= 0.3 is 0 Å². The van der Waals surface area contributed by atoms with Crippen LogP contribution in [0, 0.1) is 6.92 Å². The number of aryl methyl sites for hydroxylation is 1. The fourth-order valence-electron chi connectivity index (χ4n) is 1.45. The van der Waals surface area contributed by atoms with E-state index in [1.165, 1.54) is 0 Å². The van der Waals surface area contributed by atoms with Crippen molar-refractivity contribution < 1.29 is 14.6 Å². The van der Waals surface area contributed by atoms with Gasteiger partial charge in [-0.15, -0.1) is 0 Å². The Morgan fingerprint density at radius 3 is 2.94 bits per heavy atom. The summed E-state index contributed by atoms with van der Waals surface area (Å²) < 4.78 is 5.07. The first-order valence-corrected chi connectivity index (χ1v) is 5.64. The van der Waals surface area contributed by atoms with E-state index in [2.05, 4.69) is 9.97 Å². The largest absolute Gasteiger partial charge is 0.395 e. The number of carbonyl (C=O) groups is 1. The molecule has 1 aromatic rings. The molecule has 0 radical (unpaired) electrons. The fourth-order valence-corrected chi connectivity index (χ4v) is 1.45. The molecule has 0 aliphatic rings. The zero-order valence-electron chi connectivity index (χ0n) is 10.3. The van der Waals surface area contributed by atoms with Gasteiger partial charge in [-0.05, 0) is 13.8 Å². The first kappa shape index (κ1) is 13.7. The van der Waals surface area contributed by atoms with Crippen molar-refractivity contribution in [3.63, 3.8) is 0 Å². The lowest BCUT2D eigenvalue weighted by molar-refractivity contribution is -0.137. The molecule has 0 saturated carbocycles. The lowest BCUT2D eigenvalue weighted by Crippen LogP contribution is -2.35. The van der Waals surface area contributed by atoms with Crippen LogP contribution in [0.4, 0.5) is 0 Å². The van der Waals surface area contributed by atoms with Crippen molar-refractivity contribution in [3.8, 4) is 0 Å². The highest BCUT2D eigenvalue weighted by Crippen LogP contribution is 2.02. The van der Waals surface area contributed by atoms with E-state index in [0.717, 1.165) is 11.5 Å². The van der Waals surface area contributed by atoms with Crippen molar-refractivity contribution in [2.75, 3.05) is 26.4 Å². The monoisotopic (exact) mass is 241 g/mol. The average molecular weight is 241 g/mol. The molecular weight excluding hydrogens is 222 g/mol. The number of amides is 1. The van der Waals surface area contributed by atoms with Crippen LogP contribution in [0.5, 0.6) is 0 Å². The molecule has 2 N–H and O–H groups in total. The fraction of sp³-hybridized carbons (Fsp3) is 0.636. The lowest BCUT2D eigenvalue weighted by Gasteiger charge is -2.20. The van der Waals surface area contributed by atoms with E-state index in [9.17, 15) is 4.79 Å². The minimum absolute atomic E-state index is 0.0453. The number of aromatic amines is 1.